The van der Waals surface area contributed by atoms with Crippen LogP contribution in [0.15, 0.2) is 48.9 Å². The number of hydrogen-bond donors (Lipinski definition) is 0. The van der Waals surface area contributed by atoms with Gasteiger partial charge in [-0.2, -0.15) is 5.10 Å². The zero-order valence-electron chi connectivity index (χ0n) is 16.9. The minimum absolute atomic E-state index is 0.160. The molecule has 10 heteroatoms. The molecule has 0 bridgehead atoms. The molecule has 2 amide bonds. The highest BCUT2D eigenvalue weighted by Gasteiger charge is 2.29. The zero-order chi connectivity index (χ0) is 22.0. The summed E-state index contributed by atoms with van der Waals surface area (Å²) in [5, 5.41) is 4.24. The van der Waals surface area contributed by atoms with Crippen LogP contribution in [0.25, 0.3) is 11.5 Å². The van der Waals surface area contributed by atoms with Crippen molar-refractivity contribution in [3.05, 3.63) is 66.1 Å². The molecule has 2 aromatic heterocycles. The van der Waals surface area contributed by atoms with Gasteiger partial charge in [0, 0.05) is 44.6 Å². The molecule has 0 radical (unpaired) electrons. The SMILES string of the molecule is CCOC(=O)N1CCN(C(=O)c2cnn(-c3cc(F)cc(F)c3)c2-n2cccc2)CC1. The van der Waals surface area contributed by atoms with E-state index in [1.807, 2.05) is 0 Å². The average Bonchev–Trinajstić information content (AvgIpc) is 3.42. The summed E-state index contributed by atoms with van der Waals surface area (Å²) in [5.41, 5.74) is 0.442. The molecule has 8 nitrogen and oxygen atoms in total. The van der Waals surface area contributed by atoms with Crippen molar-refractivity contribution < 1.29 is 23.1 Å². The number of aromatic nitrogens is 3. The molecule has 1 aliphatic heterocycles. The van der Waals surface area contributed by atoms with E-state index >= 15 is 0 Å². The number of nitrogens with zero attached hydrogens (tertiary/aromatic N) is 5. The fourth-order valence-corrected chi connectivity index (χ4v) is 3.54. The molecule has 0 spiro atoms. The monoisotopic (exact) mass is 429 g/mol. The Morgan fingerprint density at radius 1 is 1.00 bits per heavy atom. The molecule has 3 aromatic rings. The van der Waals surface area contributed by atoms with Gasteiger partial charge < -0.3 is 19.1 Å². The molecule has 3 heterocycles. The maximum atomic E-state index is 13.8. The van der Waals surface area contributed by atoms with Gasteiger partial charge in [-0.25, -0.2) is 18.3 Å². The van der Waals surface area contributed by atoms with Crippen LogP contribution in [0.4, 0.5) is 13.6 Å². The van der Waals surface area contributed by atoms with Gasteiger partial charge in [0.15, 0.2) is 5.82 Å². The van der Waals surface area contributed by atoms with Gasteiger partial charge >= 0.3 is 6.09 Å². The van der Waals surface area contributed by atoms with E-state index in [9.17, 15) is 18.4 Å². The van der Waals surface area contributed by atoms with Crippen molar-refractivity contribution in [1.29, 1.82) is 0 Å². The van der Waals surface area contributed by atoms with E-state index < -0.39 is 17.7 Å². The second kappa shape index (κ2) is 8.58. The number of carbonyl (C=O) groups is 2. The Bertz CT molecular complexity index is 1070. The second-order valence-electron chi connectivity index (χ2n) is 6.99. The quantitative estimate of drug-likeness (QED) is 0.640. The number of hydrogen-bond acceptors (Lipinski definition) is 4. The molecular weight excluding hydrogens is 408 g/mol. The highest BCUT2D eigenvalue weighted by atomic mass is 19.1. The Morgan fingerprint density at radius 3 is 2.23 bits per heavy atom. The highest BCUT2D eigenvalue weighted by Crippen LogP contribution is 2.23. The predicted octanol–water partition coefficient (Wildman–Crippen LogP) is 2.86. The van der Waals surface area contributed by atoms with E-state index in [1.54, 1.807) is 45.8 Å². The van der Waals surface area contributed by atoms with Gasteiger partial charge in [0.05, 0.1) is 18.5 Å². The Kier molecular flexibility index (Phi) is 5.70. The van der Waals surface area contributed by atoms with E-state index in [2.05, 4.69) is 5.10 Å². The maximum absolute atomic E-state index is 13.8. The van der Waals surface area contributed by atoms with Crippen molar-refractivity contribution in [3.63, 3.8) is 0 Å². The van der Waals surface area contributed by atoms with Crippen molar-refractivity contribution in [1.82, 2.24) is 24.1 Å². The third-order valence-corrected chi connectivity index (χ3v) is 5.01. The summed E-state index contributed by atoms with van der Waals surface area (Å²) in [5.74, 6) is -1.40. The molecule has 0 N–H and O–H groups in total. The lowest BCUT2D eigenvalue weighted by Crippen LogP contribution is -2.50. The molecule has 0 atom stereocenters. The lowest BCUT2D eigenvalue weighted by Gasteiger charge is -2.34. The van der Waals surface area contributed by atoms with Crippen molar-refractivity contribution in [2.75, 3.05) is 32.8 Å². The van der Waals surface area contributed by atoms with Crippen LogP contribution < -0.4 is 0 Å². The Labute approximate surface area is 177 Å². The summed E-state index contributed by atoms with van der Waals surface area (Å²) in [6, 6.07) is 6.62. The average molecular weight is 429 g/mol. The number of amides is 2. The molecular formula is C21H21F2N5O3. The first-order valence-corrected chi connectivity index (χ1v) is 9.86. The van der Waals surface area contributed by atoms with E-state index in [1.165, 1.54) is 10.9 Å². The topological polar surface area (TPSA) is 72.6 Å². The summed E-state index contributed by atoms with van der Waals surface area (Å²) in [7, 11) is 0. The van der Waals surface area contributed by atoms with Crippen LogP contribution >= 0.6 is 0 Å². The summed E-state index contributed by atoms with van der Waals surface area (Å²) >= 11 is 0. The minimum Gasteiger partial charge on any atom is -0.450 e. The normalized spacial score (nSPS) is 14.0. The first-order chi connectivity index (χ1) is 15.0. The van der Waals surface area contributed by atoms with Crippen LogP contribution in [0.2, 0.25) is 0 Å². The Balaban J connectivity index is 1.64. The first kappa shape index (κ1) is 20.6. The molecule has 1 fully saturated rings. The van der Waals surface area contributed by atoms with Crippen LogP contribution in [0.3, 0.4) is 0 Å². The molecule has 162 valence electrons. The zero-order valence-corrected chi connectivity index (χ0v) is 16.9. The molecule has 0 unspecified atom stereocenters. The predicted molar refractivity (Wildman–Crippen MR) is 107 cm³/mol. The van der Waals surface area contributed by atoms with Crippen LogP contribution in [-0.2, 0) is 4.74 Å². The molecule has 1 saturated heterocycles. The van der Waals surface area contributed by atoms with E-state index in [0.717, 1.165) is 18.2 Å². The molecule has 31 heavy (non-hydrogen) atoms. The summed E-state index contributed by atoms with van der Waals surface area (Å²) < 4.78 is 35.6. The molecule has 4 rings (SSSR count). The van der Waals surface area contributed by atoms with Gasteiger partial charge in [0.25, 0.3) is 5.91 Å². The number of carbonyl (C=O) groups excluding carboxylic acids is 2. The number of piperazine rings is 1. The molecule has 0 aliphatic carbocycles. The fraction of sp³-hybridized carbons (Fsp3) is 0.286. The third-order valence-electron chi connectivity index (χ3n) is 5.01. The summed E-state index contributed by atoms with van der Waals surface area (Å²) in [6.45, 7) is 3.41. The number of benzene rings is 1. The van der Waals surface area contributed by atoms with E-state index in [-0.39, 0.29) is 23.8 Å². The standard InChI is InChI=1S/C21H21F2N5O3/c1-2-31-21(30)27-9-7-26(8-10-27)20(29)18-14-24-28(19(18)25-5-3-4-6-25)17-12-15(22)11-16(23)13-17/h3-6,11-14H,2,7-10H2,1H3. The Hall–Kier alpha value is -3.69. The maximum Gasteiger partial charge on any atom is 0.409 e. The molecule has 1 aliphatic rings. The van der Waals surface area contributed by atoms with Gasteiger partial charge in [0.2, 0.25) is 0 Å². The molecule has 0 saturated carbocycles. The highest BCUT2D eigenvalue weighted by molar-refractivity contribution is 5.97. The van der Waals surface area contributed by atoms with Gasteiger partial charge in [-0.1, -0.05) is 0 Å². The van der Waals surface area contributed by atoms with Gasteiger partial charge in [0.1, 0.15) is 17.2 Å². The largest absolute Gasteiger partial charge is 0.450 e. The first-order valence-electron chi connectivity index (χ1n) is 9.86. The summed E-state index contributed by atoms with van der Waals surface area (Å²) in [4.78, 5) is 28.3. The lowest BCUT2D eigenvalue weighted by molar-refractivity contribution is 0.0570. The van der Waals surface area contributed by atoms with Crippen LogP contribution in [0.5, 0.6) is 0 Å². The Morgan fingerprint density at radius 2 is 1.61 bits per heavy atom. The van der Waals surface area contributed by atoms with Gasteiger partial charge in [-0.15, -0.1) is 0 Å². The van der Waals surface area contributed by atoms with Crippen molar-refractivity contribution in [2.45, 2.75) is 6.92 Å². The second-order valence-corrected chi connectivity index (χ2v) is 6.99. The lowest BCUT2D eigenvalue weighted by atomic mass is 10.2. The van der Waals surface area contributed by atoms with Crippen molar-refractivity contribution >= 4 is 12.0 Å². The third kappa shape index (κ3) is 4.14. The number of rotatable bonds is 4. The minimum atomic E-state index is -0.744. The van der Waals surface area contributed by atoms with Gasteiger partial charge in [-0.05, 0) is 31.2 Å². The van der Waals surface area contributed by atoms with Gasteiger partial charge in [-0.3, -0.25) is 4.79 Å². The van der Waals surface area contributed by atoms with Crippen molar-refractivity contribution in [2.24, 2.45) is 0 Å². The van der Waals surface area contributed by atoms with E-state index in [4.69, 9.17) is 4.74 Å². The smallest absolute Gasteiger partial charge is 0.409 e. The summed E-state index contributed by atoms with van der Waals surface area (Å²) in [6.07, 6.45) is 4.43. The number of halogens is 2. The van der Waals surface area contributed by atoms with Crippen molar-refractivity contribution in [3.8, 4) is 11.5 Å². The van der Waals surface area contributed by atoms with Crippen LogP contribution in [-0.4, -0.2) is 68.9 Å². The molecule has 1 aromatic carbocycles. The van der Waals surface area contributed by atoms with Crippen LogP contribution in [0.1, 0.15) is 17.3 Å². The number of ether oxygens (including phenoxy) is 1. The fourth-order valence-electron chi connectivity index (χ4n) is 3.54. The van der Waals surface area contributed by atoms with E-state index in [0.29, 0.717) is 32.0 Å². The van der Waals surface area contributed by atoms with Crippen LogP contribution in [0, 0.1) is 11.6 Å².